The Labute approximate surface area is 209 Å². The minimum Gasteiger partial charge on any atom is -0.477 e. The van der Waals surface area contributed by atoms with Crippen LogP contribution in [0.1, 0.15) is 18.5 Å². The maximum absolute atomic E-state index is 12.9. The van der Waals surface area contributed by atoms with Gasteiger partial charge in [0.25, 0.3) is 11.8 Å². The summed E-state index contributed by atoms with van der Waals surface area (Å²) in [6, 6.07) is -1.57. The van der Waals surface area contributed by atoms with E-state index in [0.29, 0.717) is 27.2 Å². The molecule has 5 N–H and O–H groups in total. The van der Waals surface area contributed by atoms with Crippen LogP contribution >= 0.6 is 46.0 Å². The number of fused-ring (bicyclic) bond motifs is 1. The number of nitrogens with two attached hydrogens (primary N) is 1. The van der Waals surface area contributed by atoms with Crippen molar-refractivity contribution in [3.05, 3.63) is 20.6 Å². The number of thiazole rings is 1. The molecule has 1 saturated heterocycles. The van der Waals surface area contributed by atoms with Gasteiger partial charge < -0.3 is 26.3 Å². The molecule has 2 aliphatic rings. The monoisotopic (exact) mass is 544 g/mol. The van der Waals surface area contributed by atoms with E-state index in [2.05, 4.69) is 25.7 Å². The van der Waals surface area contributed by atoms with E-state index in [1.807, 2.05) is 14.1 Å². The fourth-order valence-corrected chi connectivity index (χ4v) is 6.45. The predicted octanol–water partition coefficient (Wildman–Crippen LogP) is 1.05. The number of hydrogen-bond acceptors (Lipinski definition) is 13. The Morgan fingerprint density at radius 3 is 2.65 bits per heavy atom. The first-order valence-corrected chi connectivity index (χ1v) is 12.4. The lowest BCUT2D eigenvalue weighted by atomic mass is 9.86. The number of aliphatic carboxylic acids is 1. The number of nitrogen functional groups attached to an aromatic ring is 1. The van der Waals surface area contributed by atoms with Crippen molar-refractivity contribution in [3.63, 3.8) is 0 Å². The third-order valence-electron chi connectivity index (χ3n) is 5.01. The van der Waals surface area contributed by atoms with Crippen LogP contribution in [-0.4, -0.2) is 80.1 Å². The molecule has 0 radical (unpaired) electrons. The maximum Gasteiger partial charge on any atom is 0.353 e. The predicted molar refractivity (Wildman–Crippen MR) is 126 cm³/mol. The number of amides is 2. The minimum atomic E-state index is -1.26. The van der Waals surface area contributed by atoms with Crippen LogP contribution in [0.2, 0.25) is 4.34 Å². The van der Waals surface area contributed by atoms with Gasteiger partial charge in [-0.3, -0.25) is 14.5 Å². The summed E-state index contributed by atoms with van der Waals surface area (Å²) in [6.07, 6.45) is 0.768. The summed E-state index contributed by atoms with van der Waals surface area (Å²) in [5, 5.41) is 33.4. The number of hydrogen-bond donors (Lipinski definition) is 4. The number of β-lactam (4-membered cyclic amide) rings is 1. The van der Waals surface area contributed by atoms with E-state index in [1.165, 1.54) is 11.3 Å². The number of allylic oxidation sites excluding steroid dienone is 1. The number of rotatable bonds is 7. The SMILES string of the molecule is CN(C)c1nnc(SC2=C(C(=O)O)N3C(=O)C(NC(=O)/C(=N\O)c4nc(N)sc4Cl)C3CC2)s1. The van der Waals surface area contributed by atoms with Gasteiger partial charge in [0.2, 0.25) is 5.13 Å². The zero-order chi connectivity index (χ0) is 24.7. The van der Waals surface area contributed by atoms with Crippen LogP contribution in [0.4, 0.5) is 10.3 Å². The molecule has 2 atom stereocenters. The summed E-state index contributed by atoms with van der Waals surface area (Å²) < 4.78 is 0.600. The second-order valence-electron chi connectivity index (χ2n) is 7.31. The lowest BCUT2D eigenvalue weighted by Crippen LogP contribution is -2.72. The zero-order valence-corrected chi connectivity index (χ0v) is 20.8. The van der Waals surface area contributed by atoms with Gasteiger partial charge in [-0.05, 0) is 12.8 Å². The van der Waals surface area contributed by atoms with Gasteiger partial charge in [0, 0.05) is 19.0 Å². The van der Waals surface area contributed by atoms with Crippen molar-refractivity contribution < 1.29 is 24.7 Å². The van der Waals surface area contributed by atoms with Crippen LogP contribution in [-0.2, 0) is 14.4 Å². The molecule has 1 fully saturated rings. The van der Waals surface area contributed by atoms with Crippen LogP contribution < -0.4 is 16.0 Å². The van der Waals surface area contributed by atoms with Gasteiger partial charge in [0.15, 0.2) is 15.2 Å². The summed E-state index contributed by atoms with van der Waals surface area (Å²) in [7, 11) is 3.64. The smallest absolute Gasteiger partial charge is 0.353 e. The molecule has 2 amide bonds. The van der Waals surface area contributed by atoms with E-state index in [1.54, 1.807) is 4.90 Å². The first-order valence-electron chi connectivity index (χ1n) is 9.55. The van der Waals surface area contributed by atoms with E-state index < -0.39 is 35.6 Å². The number of halogens is 1. The van der Waals surface area contributed by atoms with Crippen molar-refractivity contribution in [2.45, 2.75) is 29.3 Å². The highest BCUT2D eigenvalue weighted by Crippen LogP contribution is 2.44. The second-order valence-corrected chi connectivity index (χ2v) is 11.2. The molecule has 0 aliphatic carbocycles. The van der Waals surface area contributed by atoms with Gasteiger partial charge in [-0.15, -0.1) is 10.2 Å². The number of oxime groups is 1. The number of thioether (sulfide) groups is 1. The lowest BCUT2D eigenvalue weighted by molar-refractivity contribution is -0.155. The van der Waals surface area contributed by atoms with Crippen LogP contribution in [0, 0.1) is 0 Å². The average molecular weight is 545 g/mol. The Morgan fingerprint density at radius 1 is 1.35 bits per heavy atom. The quantitative estimate of drug-likeness (QED) is 0.169. The largest absolute Gasteiger partial charge is 0.477 e. The van der Waals surface area contributed by atoms with Crippen molar-refractivity contribution in [3.8, 4) is 0 Å². The number of carbonyl (C=O) groups excluding carboxylic acids is 2. The minimum absolute atomic E-state index is 0.0477. The van der Waals surface area contributed by atoms with E-state index >= 15 is 0 Å². The van der Waals surface area contributed by atoms with Gasteiger partial charge in [-0.2, -0.15) is 0 Å². The van der Waals surface area contributed by atoms with Crippen LogP contribution in [0.3, 0.4) is 0 Å². The number of nitrogens with one attached hydrogen (secondary N) is 1. The molecule has 2 aliphatic heterocycles. The number of carboxylic acids is 1. The molecular weight excluding hydrogens is 528 g/mol. The molecule has 4 heterocycles. The number of aromatic nitrogens is 3. The maximum atomic E-state index is 12.9. The van der Waals surface area contributed by atoms with Crippen molar-refractivity contribution in [1.29, 1.82) is 0 Å². The summed E-state index contributed by atoms with van der Waals surface area (Å²) >= 11 is 9.34. The van der Waals surface area contributed by atoms with Crippen LogP contribution in [0.25, 0.3) is 0 Å². The van der Waals surface area contributed by atoms with Crippen LogP contribution in [0.5, 0.6) is 0 Å². The topological polar surface area (TPSA) is 187 Å². The molecule has 4 rings (SSSR count). The summed E-state index contributed by atoms with van der Waals surface area (Å²) in [5.74, 6) is -2.75. The van der Waals surface area contributed by atoms with E-state index in [-0.39, 0.29) is 20.9 Å². The molecule has 0 saturated carbocycles. The summed E-state index contributed by atoms with van der Waals surface area (Å²) in [6.45, 7) is 0. The Morgan fingerprint density at radius 2 is 2.09 bits per heavy atom. The van der Waals surface area contributed by atoms with Crippen molar-refractivity contribution >= 4 is 79.8 Å². The second kappa shape index (κ2) is 9.36. The van der Waals surface area contributed by atoms with Crippen LogP contribution in [0.15, 0.2) is 20.1 Å². The molecule has 180 valence electrons. The van der Waals surface area contributed by atoms with Gasteiger partial charge in [0.1, 0.15) is 21.8 Å². The highest BCUT2D eigenvalue weighted by Gasteiger charge is 2.54. The summed E-state index contributed by atoms with van der Waals surface area (Å²) in [4.78, 5) is 44.9. The third kappa shape index (κ3) is 4.28. The van der Waals surface area contributed by atoms with Crippen molar-refractivity contribution in [2.75, 3.05) is 24.7 Å². The van der Waals surface area contributed by atoms with Gasteiger partial charge in [-0.25, -0.2) is 9.78 Å². The fraction of sp³-hybridized carbons (Fsp3) is 0.353. The highest BCUT2D eigenvalue weighted by atomic mass is 35.5. The van der Waals surface area contributed by atoms with E-state index in [9.17, 15) is 24.7 Å². The van der Waals surface area contributed by atoms with Crippen molar-refractivity contribution in [2.24, 2.45) is 5.16 Å². The Bertz CT molecular complexity index is 1240. The molecule has 2 aromatic heterocycles. The summed E-state index contributed by atoms with van der Waals surface area (Å²) in [5.41, 5.74) is 4.80. The number of carboxylic acid groups (broad SMARTS) is 1. The van der Waals surface area contributed by atoms with E-state index in [0.717, 1.165) is 28.0 Å². The molecule has 13 nitrogen and oxygen atoms in total. The van der Waals surface area contributed by atoms with Crippen molar-refractivity contribution in [1.82, 2.24) is 25.4 Å². The zero-order valence-electron chi connectivity index (χ0n) is 17.6. The van der Waals surface area contributed by atoms with Gasteiger partial charge in [-0.1, -0.05) is 51.2 Å². The van der Waals surface area contributed by atoms with E-state index in [4.69, 9.17) is 17.3 Å². The van der Waals surface area contributed by atoms with Gasteiger partial charge >= 0.3 is 5.97 Å². The van der Waals surface area contributed by atoms with Gasteiger partial charge in [0.05, 0.1) is 6.04 Å². The Balaban J connectivity index is 1.52. The number of nitrogens with zero attached hydrogens (tertiary/aromatic N) is 6. The molecule has 17 heteroatoms. The first kappa shape index (κ1) is 24.2. The lowest BCUT2D eigenvalue weighted by Gasteiger charge is -2.49. The highest BCUT2D eigenvalue weighted by molar-refractivity contribution is 8.04. The average Bonchev–Trinajstić information content (AvgIpc) is 3.38. The fourth-order valence-electron chi connectivity index (χ4n) is 3.53. The normalized spacial score (nSPS) is 20.1. The standard InChI is InChI=1S/C17H17ClN8O5S3/c1-25(2)16-22-23-17(34-16)32-6-4-3-5-7(13(28)26(5)10(6)14(29)30)20-12(27)9(24-31)8-11(18)33-15(19)21-8/h5,7,31H,3-4H2,1-2H3,(H2,19,21)(H,20,27)(H,29,30)/b24-9-. The number of carbonyl (C=O) groups is 3. The number of anilines is 2. The molecule has 2 aromatic rings. The molecule has 34 heavy (non-hydrogen) atoms. The molecule has 0 bridgehead atoms. The molecular formula is C17H17ClN8O5S3. The Kier molecular flexibility index (Phi) is 6.66. The molecule has 2 unspecified atom stereocenters. The first-order chi connectivity index (χ1) is 16.1. The third-order valence-corrected chi connectivity index (χ3v) is 8.38. The Hall–Kier alpha value is -2.95. The molecule has 0 aromatic carbocycles. The molecule has 0 spiro atoms.